The first kappa shape index (κ1) is 19.6. The Morgan fingerprint density at radius 2 is 1.86 bits per heavy atom. The Hall–Kier alpha value is -2.70. The molecule has 0 bridgehead atoms. The number of nitrogens with zero attached hydrogens (tertiary/aromatic N) is 3. The van der Waals surface area contributed by atoms with Crippen molar-refractivity contribution in [3.8, 4) is 0 Å². The number of aromatic nitrogens is 1. The second kappa shape index (κ2) is 8.35. The van der Waals surface area contributed by atoms with Gasteiger partial charge in [0, 0.05) is 44.7 Å². The van der Waals surface area contributed by atoms with Gasteiger partial charge in [0.1, 0.15) is 0 Å². The SMILES string of the molecule is Cc1cccc(Cn2c(=O)oc3cc(C(=O)CCN4CCN(C)CC4)ccc32)c1. The van der Waals surface area contributed by atoms with E-state index in [4.69, 9.17) is 4.42 Å². The molecule has 1 aliphatic heterocycles. The third-order valence-electron chi connectivity index (χ3n) is 5.66. The molecule has 0 radical (unpaired) electrons. The molecule has 29 heavy (non-hydrogen) atoms. The summed E-state index contributed by atoms with van der Waals surface area (Å²) in [4.78, 5) is 29.6. The summed E-state index contributed by atoms with van der Waals surface area (Å²) < 4.78 is 7.05. The number of likely N-dealkylation sites (N-methyl/N-ethyl adjacent to an activating group) is 1. The highest BCUT2D eigenvalue weighted by Gasteiger charge is 2.17. The molecule has 2 heterocycles. The van der Waals surface area contributed by atoms with Gasteiger partial charge in [-0.05, 0) is 37.7 Å². The van der Waals surface area contributed by atoms with Crippen LogP contribution in [0.3, 0.4) is 0 Å². The molecule has 3 aromatic rings. The number of Topliss-reactive ketones (excluding diaryl/α,β-unsaturated/α-hetero) is 1. The molecule has 0 atom stereocenters. The maximum Gasteiger partial charge on any atom is 0.420 e. The summed E-state index contributed by atoms with van der Waals surface area (Å²) in [5.41, 5.74) is 3.97. The van der Waals surface area contributed by atoms with Gasteiger partial charge in [-0.2, -0.15) is 0 Å². The van der Waals surface area contributed by atoms with Gasteiger partial charge in [-0.15, -0.1) is 0 Å². The second-order valence-corrected chi connectivity index (χ2v) is 7.94. The minimum atomic E-state index is -0.399. The number of ketones is 1. The van der Waals surface area contributed by atoms with Crippen molar-refractivity contribution in [3.63, 3.8) is 0 Å². The number of piperazine rings is 1. The molecular formula is C23H27N3O3. The Morgan fingerprint density at radius 1 is 1.07 bits per heavy atom. The van der Waals surface area contributed by atoms with Gasteiger partial charge in [0.2, 0.25) is 0 Å². The Kier molecular flexibility index (Phi) is 5.65. The van der Waals surface area contributed by atoms with Crippen LogP contribution in [0, 0.1) is 6.92 Å². The van der Waals surface area contributed by atoms with Crippen molar-refractivity contribution in [3.05, 3.63) is 69.7 Å². The molecule has 0 saturated carbocycles. The van der Waals surface area contributed by atoms with E-state index in [0.717, 1.165) is 43.9 Å². The zero-order chi connectivity index (χ0) is 20.4. The topological polar surface area (TPSA) is 58.7 Å². The Balaban J connectivity index is 1.48. The lowest BCUT2D eigenvalue weighted by Crippen LogP contribution is -2.45. The summed E-state index contributed by atoms with van der Waals surface area (Å²) in [6.07, 6.45) is 0.476. The van der Waals surface area contributed by atoms with E-state index in [-0.39, 0.29) is 5.78 Å². The van der Waals surface area contributed by atoms with Gasteiger partial charge < -0.3 is 14.2 Å². The van der Waals surface area contributed by atoms with Crippen LogP contribution in [-0.2, 0) is 6.54 Å². The first-order valence-corrected chi connectivity index (χ1v) is 10.1. The first-order valence-electron chi connectivity index (χ1n) is 10.1. The van der Waals surface area contributed by atoms with Gasteiger partial charge in [0.05, 0.1) is 12.1 Å². The van der Waals surface area contributed by atoms with Crippen molar-refractivity contribution in [1.82, 2.24) is 14.4 Å². The summed E-state index contributed by atoms with van der Waals surface area (Å²) in [6, 6.07) is 13.4. The number of hydrogen-bond donors (Lipinski definition) is 0. The molecule has 1 saturated heterocycles. The molecule has 0 amide bonds. The molecule has 1 aliphatic rings. The van der Waals surface area contributed by atoms with E-state index in [1.807, 2.05) is 31.2 Å². The van der Waals surface area contributed by atoms with E-state index < -0.39 is 5.76 Å². The highest BCUT2D eigenvalue weighted by Crippen LogP contribution is 2.18. The standard InChI is InChI=1S/C23H27N3O3/c1-17-4-3-5-18(14-17)16-26-20-7-6-19(15-22(20)29-23(26)28)21(27)8-9-25-12-10-24(2)11-13-25/h3-7,14-15H,8-13,16H2,1-2H3. The van der Waals surface area contributed by atoms with Gasteiger partial charge in [-0.25, -0.2) is 4.79 Å². The van der Waals surface area contributed by atoms with Crippen LogP contribution >= 0.6 is 0 Å². The van der Waals surface area contributed by atoms with Gasteiger partial charge in [-0.1, -0.05) is 29.8 Å². The molecule has 4 rings (SSSR count). The van der Waals surface area contributed by atoms with Crippen LogP contribution in [0.25, 0.3) is 11.1 Å². The van der Waals surface area contributed by atoms with Crippen LogP contribution in [0.5, 0.6) is 0 Å². The first-order chi connectivity index (χ1) is 14.0. The van der Waals surface area contributed by atoms with Crippen LogP contribution in [0.1, 0.15) is 27.9 Å². The maximum atomic E-state index is 12.7. The van der Waals surface area contributed by atoms with Gasteiger partial charge in [0.15, 0.2) is 11.4 Å². The van der Waals surface area contributed by atoms with Gasteiger partial charge in [-0.3, -0.25) is 9.36 Å². The van der Waals surface area contributed by atoms with E-state index in [9.17, 15) is 9.59 Å². The van der Waals surface area contributed by atoms with Crippen LogP contribution in [0.2, 0.25) is 0 Å². The number of carbonyl (C=O) groups excluding carboxylic acids is 1. The normalized spacial score (nSPS) is 15.8. The predicted octanol–water partition coefficient (Wildman–Crippen LogP) is 2.77. The fourth-order valence-corrected chi connectivity index (χ4v) is 3.86. The highest BCUT2D eigenvalue weighted by molar-refractivity contribution is 5.98. The number of hydrogen-bond acceptors (Lipinski definition) is 5. The quantitative estimate of drug-likeness (QED) is 0.603. The number of benzene rings is 2. The van der Waals surface area contributed by atoms with Crippen molar-refractivity contribution in [2.45, 2.75) is 19.9 Å². The minimum absolute atomic E-state index is 0.0833. The third kappa shape index (κ3) is 4.49. The molecular weight excluding hydrogens is 366 g/mol. The molecule has 0 aliphatic carbocycles. The average Bonchev–Trinajstić information content (AvgIpc) is 3.02. The highest BCUT2D eigenvalue weighted by atomic mass is 16.4. The van der Waals surface area contributed by atoms with Crippen molar-refractivity contribution in [2.75, 3.05) is 39.8 Å². The molecule has 2 aromatic carbocycles. The molecule has 0 unspecified atom stereocenters. The molecule has 152 valence electrons. The fourth-order valence-electron chi connectivity index (χ4n) is 3.86. The van der Waals surface area contributed by atoms with E-state index >= 15 is 0 Å². The summed E-state index contributed by atoms with van der Waals surface area (Å²) in [5.74, 6) is -0.316. The largest absolute Gasteiger partial charge is 0.420 e. The van der Waals surface area contributed by atoms with Crippen LogP contribution in [-0.4, -0.2) is 59.9 Å². The number of oxazole rings is 1. The van der Waals surface area contributed by atoms with Gasteiger partial charge in [0.25, 0.3) is 0 Å². The van der Waals surface area contributed by atoms with E-state index in [2.05, 4.69) is 22.9 Å². The monoisotopic (exact) mass is 393 g/mol. The zero-order valence-corrected chi connectivity index (χ0v) is 17.1. The van der Waals surface area contributed by atoms with Crippen molar-refractivity contribution in [1.29, 1.82) is 0 Å². The average molecular weight is 393 g/mol. The van der Waals surface area contributed by atoms with Crippen molar-refractivity contribution < 1.29 is 9.21 Å². The summed E-state index contributed by atoms with van der Waals surface area (Å²) in [7, 11) is 2.12. The number of fused-ring (bicyclic) bond motifs is 1. The predicted molar refractivity (Wildman–Crippen MR) is 114 cm³/mol. The van der Waals surface area contributed by atoms with Crippen molar-refractivity contribution >= 4 is 16.9 Å². The zero-order valence-electron chi connectivity index (χ0n) is 17.1. The minimum Gasteiger partial charge on any atom is -0.408 e. The Labute approximate surface area is 170 Å². The summed E-state index contributed by atoms with van der Waals surface area (Å²) in [6.45, 7) is 7.32. The van der Waals surface area contributed by atoms with Gasteiger partial charge >= 0.3 is 5.76 Å². The number of aryl methyl sites for hydroxylation is 1. The number of carbonyl (C=O) groups is 1. The fraction of sp³-hybridized carbons (Fsp3) is 0.391. The molecule has 0 N–H and O–H groups in total. The molecule has 1 aromatic heterocycles. The second-order valence-electron chi connectivity index (χ2n) is 7.94. The van der Waals surface area contributed by atoms with E-state index in [1.165, 1.54) is 0 Å². The van der Waals surface area contributed by atoms with Crippen LogP contribution < -0.4 is 5.76 Å². The van der Waals surface area contributed by atoms with Crippen LogP contribution in [0.15, 0.2) is 51.7 Å². The summed E-state index contributed by atoms with van der Waals surface area (Å²) in [5, 5.41) is 0. The maximum absolute atomic E-state index is 12.7. The van der Waals surface area contributed by atoms with E-state index in [1.54, 1.807) is 16.7 Å². The van der Waals surface area contributed by atoms with Crippen LogP contribution in [0.4, 0.5) is 0 Å². The van der Waals surface area contributed by atoms with Crippen molar-refractivity contribution in [2.24, 2.45) is 0 Å². The molecule has 6 heteroatoms. The molecule has 0 spiro atoms. The third-order valence-corrected chi connectivity index (χ3v) is 5.66. The van der Waals surface area contributed by atoms with E-state index in [0.29, 0.717) is 29.6 Å². The number of rotatable bonds is 6. The Bertz CT molecular complexity index is 1070. The Morgan fingerprint density at radius 3 is 2.62 bits per heavy atom. The lowest BCUT2D eigenvalue weighted by atomic mass is 10.1. The molecule has 1 fully saturated rings. The summed E-state index contributed by atoms with van der Waals surface area (Å²) >= 11 is 0. The lowest BCUT2D eigenvalue weighted by molar-refractivity contribution is 0.0942. The smallest absolute Gasteiger partial charge is 0.408 e. The molecule has 6 nitrogen and oxygen atoms in total. The lowest BCUT2D eigenvalue weighted by Gasteiger charge is -2.32.